The smallest absolute Gasteiger partial charge is 0.116 e. The van der Waals surface area contributed by atoms with Gasteiger partial charge < -0.3 is 5.11 Å². The number of rotatable bonds is 4. The molecule has 0 saturated heterocycles. The third-order valence-corrected chi connectivity index (χ3v) is 4.43. The third-order valence-electron chi connectivity index (χ3n) is 4.43. The van der Waals surface area contributed by atoms with Crippen LogP contribution < -0.4 is 0 Å². The summed E-state index contributed by atoms with van der Waals surface area (Å²) in [4.78, 5) is 8.35. The number of hydrogen-bond acceptors (Lipinski definition) is 4. The van der Waals surface area contributed by atoms with Crippen LogP contribution in [0.5, 0.6) is 0 Å². The normalized spacial score (nSPS) is 25.4. The minimum absolute atomic E-state index is 0.298. The minimum Gasteiger partial charge on any atom is -0.396 e. The van der Waals surface area contributed by atoms with E-state index in [9.17, 15) is 0 Å². The number of aromatic nitrogens is 4. The highest BCUT2D eigenvalue weighted by Gasteiger charge is 2.34. The molecule has 104 valence electrons. The van der Waals surface area contributed by atoms with Gasteiger partial charge in [0.2, 0.25) is 0 Å². The summed E-state index contributed by atoms with van der Waals surface area (Å²) >= 11 is 0. The van der Waals surface area contributed by atoms with Gasteiger partial charge in [-0.1, -0.05) is 0 Å². The zero-order chi connectivity index (χ0) is 13.5. The highest BCUT2D eigenvalue weighted by Crippen LogP contribution is 2.45. The lowest BCUT2D eigenvalue weighted by molar-refractivity contribution is 0.105. The predicted octanol–water partition coefficient (Wildman–Crippen LogP) is 2.16. The molecular weight excluding hydrogens is 252 g/mol. The second kappa shape index (κ2) is 4.66. The maximum absolute atomic E-state index is 9.14. The minimum atomic E-state index is 0.298. The first-order chi connectivity index (χ1) is 9.85. The standard InChI is InChI=1S/C15H18N4O/c20-8-10-5-12(6-10)19-7-13(14-3-4-16-9-17-14)15(18-19)11-1-2-11/h3-4,7,9-12,20H,1-2,5-6,8H2. The first kappa shape index (κ1) is 12.0. The molecule has 0 aliphatic heterocycles. The predicted molar refractivity (Wildman–Crippen MR) is 74.1 cm³/mol. The second-order valence-electron chi connectivity index (χ2n) is 5.95. The van der Waals surface area contributed by atoms with Gasteiger partial charge >= 0.3 is 0 Å². The lowest BCUT2D eigenvalue weighted by Gasteiger charge is -2.34. The van der Waals surface area contributed by atoms with Gasteiger partial charge in [0.1, 0.15) is 6.33 Å². The number of aliphatic hydroxyl groups is 1. The Labute approximate surface area is 117 Å². The molecule has 1 N–H and O–H groups in total. The van der Waals surface area contributed by atoms with Crippen molar-refractivity contribution in [2.24, 2.45) is 5.92 Å². The summed E-state index contributed by atoms with van der Waals surface area (Å²) < 4.78 is 2.09. The van der Waals surface area contributed by atoms with E-state index in [0.29, 0.717) is 24.5 Å². The molecule has 2 fully saturated rings. The van der Waals surface area contributed by atoms with Gasteiger partial charge in [-0.25, -0.2) is 9.97 Å². The molecule has 4 rings (SSSR count). The first-order valence-electron chi connectivity index (χ1n) is 7.31. The average molecular weight is 270 g/mol. The fourth-order valence-corrected chi connectivity index (χ4v) is 2.96. The Bertz CT molecular complexity index is 600. The molecule has 2 aliphatic carbocycles. The Hall–Kier alpha value is -1.75. The highest BCUT2D eigenvalue weighted by molar-refractivity contribution is 5.62. The molecule has 0 bridgehead atoms. The molecule has 0 aromatic carbocycles. The molecule has 5 nitrogen and oxygen atoms in total. The zero-order valence-electron chi connectivity index (χ0n) is 11.3. The van der Waals surface area contributed by atoms with Crippen molar-refractivity contribution in [2.45, 2.75) is 37.6 Å². The maximum atomic E-state index is 9.14. The maximum Gasteiger partial charge on any atom is 0.116 e. The van der Waals surface area contributed by atoms with E-state index >= 15 is 0 Å². The number of aliphatic hydroxyl groups excluding tert-OH is 1. The quantitative estimate of drug-likeness (QED) is 0.924. The number of hydrogen-bond donors (Lipinski definition) is 1. The van der Waals surface area contributed by atoms with Crippen molar-refractivity contribution in [3.8, 4) is 11.3 Å². The van der Waals surface area contributed by atoms with Crippen molar-refractivity contribution in [3.63, 3.8) is 0 Å². The van der Waals surface area contributed by atoms with E-state index in [1.165, 1.54) is 18.5 Å². The van der Waals surface area contributed by atoms with Gasteiger partial charge in [0.15, 0.2) is 0 Å². The monoisotopic (exact) mass is 270 g/mol. The van der Waals surface area contributed by atoms with Gasteiger partial charge in [0.25, 0.3) is 0 Å². The van der Waals surface area contributed by atoms with E-state index in [4.69, 9.17) is 10.2 Å². The van der Waals surface area contributed by atoms with E-state index in [1.807, 2.05) is 6.07 Å². The molecule has 2 heterocycles. The summed E-state index contributed by atoms with van der Waals surface area (Å²) in [5.74, 6) is 1.06. The fourth-order valence-electron chi connectivity index (χ4n) is 2.96. The van der Waals surface area contributed by atoms with Crippen molar-refractivity contribution >= 4 is 0 Å². The van der Waals surface area contributed by atoms with Crippen LogP contribution in [0.3, 0.4) is 0 Å². The topological polar surface area (TPSA) is 63.8 Å². The molecule has 2 saturated carbocycles. The van der Waals surface area contributed by atoms with Crippen LogP contribution in [0.2, 0.25) is 0 Å². The molecule has 0 spiro atoms. The Kier molecular flexibility index (Phi) is 2.80. The molecule has 20 heavy (non-hydrogen) atoms. The summed E-state index contributed by atoms with van der Waals surface area (Å²) in [6.07, 6.45) is 10.0. The fraction of sp³-hybridized carbons (Fsp3) is 0.533. The lowest BCUT2D eigenvalue weighted by atomic mass is 9.81. The van der Waals surface area contributed by atoms with E-state index in [1.54, 1.807) is 12.5 Å². The van der Waals surface area contributed by atoms with Gasteiger partial charge in [0.05, 0.1) is 17.4 Å². The second-order valence-corrected chi connectivity index (χ2v) is 5.95. The Balaban J connectivity index is 1.66. The van der Waals surface area contributed by atoms with E-state index < -0.39 is 0 Å². The van der Waals surface area contributed by atoms with Crippen LogP contribution in [0, 0.1) is 5.92 Å². The van der Waals surface area contributed by atoms with Crippen molar-refractivity contribution in [1.29, 1.82) is 0 Å². The van der Waals surface area contributed by atoms with Gasteiger partial charge in [-0.2, -0.15) is 5.10 Å². The molecule has 5 heteroatoms. The lowest BCUT2D eigenvalue weighted by Crippen LogP contribution is -2.29. The molecular formula is C15H18N4O. The molecule has 2 aliphatic rings. The van der Waals surface area contributed by atoms with Crippen molar-refractivity contribution < 1.29 is 5.11 Å². The van der Waals surface area contributed by atoms with Crippen molar-refractivity contribution in [3.05, 3.63) is 30.5 Å². The van der Waals surface area contributed by atoms with Gasteiger partial charge in [-0.3, -0.25) is 4.68 Å². The largest absolute Gasteiger partial charge is 0.396 e. The van der Waals surface area contributed by atoms with Crippen LogP contribution in [0.4, 0.5) is 0 Å². The van der Waals surface area contributed by atoms with Crippen LogP contribution in [0.25, 0.3) is 11.3 Å². The Morgan fingerprint density at radius 1 is 1.30 bits per heavy atom. The molecule has 2 aromatic heterocycles. The SMILES string of the molecule is OCC1CC(n2cc(-c3ccncn3)c(C3CC3)n2)C1. The van der Waals surface area contributed by atoms with Gasteiger partial charge in [-0.05, 0) is 37.7 Å². The van der Waals surface area contributed by atoms with E-state index in [2.05, 4.69) is 20.8 Å². The molecule has 0 radical (unpaired) electrons. The Morgan fingerprint density at radius 2 is 2.15 bits per heavy atom. The van der Waals surface area contributed by atoms with Gasteiger partial charge in [0, 0.05) is 30.5 Å². The molecule has 0 amide bonds. The molecule has 2 aromatic rings. The van der Waals surface area contributed by atoms with Crippen LogP contribution in [-0.2, 0) is 0 Å². The van der Waals surface area contributed by atoms with E-state index in [-0.39, 0.29) is 0 Å². The molecule has 0 unspecified atom stereocenters. The summed E-state index contributed by atoms with van der Waals surface area (Å²) in [7, 11) is 0. The third kappa shape index (κ3) is 2.02. The van der Waals surface area contributed by atoms with Crippen LogP contribution >= 0.6 is 0 Å². The highest BCUT2D eigenvalue weighted by atomic mass is 16.3. The Morgan fingerprint density at radius 3 is 2.80 bits per heavy atom. The summed E-state index contributed by atoms with van der Waals surface area (Å²) in [5.41, 5.74) is 3.31. The zero-order valence-corrected chi connectivity index (χ0v) is 11.3. The van der Waals surface area contributed by atoms with Crippen LogP contribution in [-0.4, -0.2) is 31.5 Å². The van der Waals surface area contributed by atoms with Crippen LogP contribution in [0.1, 0.15) is 43.3 Å². The summed E-state index contributed by atoms with van der Waals surface area (Å²) in [6.45, 7) is 0.298. The van der Waals surface area contributed by atoms with Crippen molar-refractivity contribution in [1.82, 2.24) is 19.7 Å². The van der Waals surface area contributed by atoms with Crippen LogP contribution in [0.15, 0.2) is 24.8 Å². The average Bonchev–Trinajstić information content (AvgIpc) is 3.19. The first-order valence-corrected chi connectivity index (χ1v) is 7.31. The van der Waals surface area contributed by atoms with E-state index in [0.717, 1.165) is 24.1 Å². The summed E-state index contributed by atoms with van der Waals surface area (Å²) in [5, 5.41) is 14.0. The number of nitrogens with zero attached hydrogens (tertiary/aromatic N) is 4. The van der Waals surface area contributed by atoms with Crippen molar-refractivity contribution in [2.75, 3.05) is 6.61 Å². The summed E-state index contributed by atoms with van der Waals surface area (Å²) in [6, 6.07) is 2.39. The molecule has 0 atom stereocenters. The van der Waals surface area contributed by atoms with Gasteiger partial charge in [-0.15, -0.1) is 0 Å².